The molecule has 2 N–H and O–H groups in total. The summed E-state index contributed by atoms with van der Waals surface area (Å²) in [5.41, 5.74) is 6.41. The summed E-state index contributed by atoms with van der Waals surface area (Å²) in [4.78, 5) is 2.67. The Hall–Kier alpha value is -0.120. The third kappa shape index (κ3) is 3.94. The van der Waals surface area contributed by atoms with Crippen LogP contribution in [0.5, 0.6) is 0 Å². The first-order valence-corrected chi connectivity index (χ1v) is 7.80. The Labute approximate surface area is 112 Å². The molecule has 3 nitrogen and oxygen atoms in total. The second kappa shape index (κ2) is 7.46. The van der Waals surface area contributed by atoms with Gasteiger partial charge in [-0.25, -0.2) is 0 Å². The first kappa shape index (κ1) is 14.3. The van der Waals surface area contributed by atoms with Crippen molar-refractivity contribution in [3.63, 3.8) is 0 Å². The molecule has 0 radical (unpaired) electrons. The highest BCUT2D eigenvalue weighted by Crippen LogP contribution is 2.25. The van der Waals surface area contributed by atoms with E-state index in [0.29, 0.717) is 12.1 Å². The van der Waals surface area contributed by atoms with Crippen LogP contribution in [0, 0.1) is 5.92 Å². The molecule has 0 aromatic rings. The Morgan fingerprint density at radius 3 is 2.33 bits per heavy atom. The summed E-state index contributed by atoms with van der Waals surface area (Å²) in [7, 11) is 1.82. The van der Waals surface area contributed by atoms with Gasteiger partial charge in [-0.2, -0.15) is 0 Å². The van der Waals surface area contributed by atoms with Crippen LogP contribution in [0.2, 0.25) is 0 Å². The minimum atomic E-state index is 0.407. The lowest BCUT2D eigenvalue weighted by molar-refractivity contribution is 0.0657. The average Bonchev–Trinajstić information content (AvgIpc) is 2.36. The number of methoxy groups -OCH3 is 1. The highest BCUT2D eigenvalue weighted by atomic mass is 16.5. The maximum absolute atomic E-state index is 6.41. The van der Waals surface area contributed by atoms with Crippen LogP contribution in [-0.4, -0.2) is 43.8 Å². The van der Waals surface area contributed by atoms with Gasteiger partial charge in [0.25, 0.3) is 0 Å². The van der Waals surface area contributed by atoms with Crippen molar-refractivity contribution in [1.29, 1.82) is 0 Å². The Morgan fingerprint density at radius 1 is 1.00 bits per heavy atom. The van der Waals surface area contributed by atoms with Crippen LogP contribution in [0.4, 0.5) is 0 Å². The van der Waals surface area contributed by atoms with Gasteiger partial charge < -0.3 is 10.5 Å². The Morgan fingerprint density at radius 2 is 1.67 bits per heavy atom. The maximum Gasteiger partial charge on any atom is 0.0491 e. The van der Waals surface area contributed by atoms with Crippen molar-refractivity contribution >= 4 is 0 Å². The molecule has 0 spiro atoms. The molecule has 0 amide bonds. The number of ether oxygens (including phenoxy) is 1. The van der Waals surface area contributed by atoms with E-state index in [1.165, 1.54) is 64.5 Å². The van der Waals surface area contributed by atoms with Gasteiger partial charge in [0.15, 0.2) is 0 Å². The van der Waals surface area contributed by atoms with E-state index in [2.05, 4.69) is 4.90 Å². The van der Waals surface area contributed by atoms with E-state index in [0.717, 1.165) is 12.5 Å². The third-order valence-corrected chi connectivity index (χ3v) is 4.80. The van der Waals surface area contributed by atoms with Crippen molar-refractivity contribution in [2.45, 2.75) is 63.5 Å². The summed E-state index contributed by atoms with van der Waals surface area (Å²) in [6.07, 6.45) is 10.6. The normalized spacial score (nSPS) is 33.0. The summed E-state index contributed by atoms with van der Waals surface area (Å²) in [5.74, 6) is 0.774. The van der Waals surface area contributed by atoms with E-state index in [-0.39, 0.29) is 0 Å². The summed E-state index contributed by atoms with van der Waals surface area (Å²) in [5, 5.41) is 0. The zero-order valence-electron chi connectivity index (χ0n) is 11.9. The lowest BCUT2D eigenvalue weighted by Gasteiger charge is -2.41. The average molecular weight is 254 g/mol. The first-order valence-electron chi connectivity index (χ1n) is 7.80. The highest BCUT2D eigenvalue weighted by molar-refractivity contribution is 4.86. The summed E-state index contributed by atoms with van der Waals surface area (Å²) in [6, 6.07) is 1.05. The molecule has 2 rings (SSSR count). The van der Waals surface area contributed by atoms with Crippen LogP contribution in [-0.2, 0) is 4.74 Å². The molecule has 2 unspecified atom stereocenters. The van der Waals surface area contributed by atoms with Crippen LogP contribution in [0.25, 0.3) is 0 Å². The fraction of sp³-hybridized carbons (Fsp3) is 1.00. The van der Waals surface area contributed by atoms with Gasteiger partial charge in [-0.05, 0) is 44.7 Å². The van der Waals surface area contributed by atoms with Gasteiger partial charge in [0.05, 0.1) is 0 Å². The fourth-order valence-corrected chi connectivity index (χ4v) is 3.63. The highest BCUT2D eigenvalue weighted by Gasteiger charge is 2.29. The Bertz CT molecular complexity index is 227. The van der Waals surface area contributed by atoms with Gasteiger partial charge in [-0.3, -0.25) is 4.90 Å². The van der Waals surface area contributed by atoms with Gasteiger partial charge in [0, 0.05) is 25.8 Å². The molecule has 2 fully saturated rings. The topological polar surface area (TPSA) is 38.5 Å². The smallest absolute Gasteiger partial charge is 0.0491 e. The molecule has 1 aliphatic heterocycles. The van der Waals surface area contributed by atoms with Gasteiger partial charge >= 0.3 is 0 Å². The van der Waals surface area contributed by atoms with Gasteiger partial charge in [0.1, 0.15) is 0 Å². The second-order valence-corrected chi connectivity index (χ2v) is 6.16. The molecule has 0 bridgehead atoms. The molecule has 2 atom stereocenters. The van der Waals surface area contributed by atoms with E-state index in [4.69, 9.17) is 10.5 Å². The van der Waals surface area contributed by atoms with Crippen molar-refractivity contribution in [1.82, 2.24) is 4.90 Å². The van der Waals surface area contributed by atoms with Crippen molar-refractivity contribution in [3.05, 3.63) is 0 Å². The van der Waals surface area contributed by atoms with Crippen molar-refractivity contribution in [3.8, 4) is 0 Å². The quantitative estimate of drug-likeness (QED) is 0.840. The van der Waals surface area contributed by atoms with Gasteiger partial charge in [-0.15, -0.1) is 0 Å². The molecule has 106 valence electrons. The third-order valence-electron chi connectivity index (χ3n) is 4.80. The number of likely N-dealkylation sites (tertiary alicyclic amines) is 1. The molecule has 18 heavy (non-hydrogen) atoms. The zero-order chi connectivity index (χ0) is 12.8. The number of rotatable bonds is 3. The number of hydrogen-bond acceptors (Lipinski definition) is 3. The summed E-state index contributed by atoms with van der Waals surface area (Å²) in [6.45, 7) is 3.39. The molecule has 2 aliphatic rings. The second-order valence-electron chi connectivity index (χ2n) is 6.16. The molecule has 1 saturated heterocycles. The molecular formula is C15H30N2O. The summed E-state index contributed by atoms with van der Waals surface area (Å²) < 4.78 is 5.28. The maximum atomic E-state index is 6.41. The fourth-order valence-electron chi connectivity index (χ4n) is 3.63. The lowest BCUT2D eigenvalue weighted by Crippen LogP contribution is -2.51. The Kier molecular flexibility index (Phi) is 5.93. The molecule has 0 aromatic carbocycles. The molecule has 1 heterocycles. The van der Waals surface area contributed by atoms with Crippen molar-refractivity contribution < 1.29 is 4.74 Å². The van der Waals surface area contributed by atoms with Crippen LogP contribution < -0.4 is 5.73 Å². The molecule has 0 aromatic heterocycles. The predicted molar refractivity (Wildman–Crippen MR) is 75.6 cm³/mol. The zero-order valence-corrected chi connectivity index (χ0v) is 11.9. The van der Waals surface area contributed by atoms with Crippen molar-refractivity contribution in [2.75, 3.05) is 26.8 Å². The molecular weight excluding hydrogens is 224 g/mol. The lowest BCUT2D eigenvalue weighted by atomic mass is 9.89. The number of nitrogens with two attached hydrogens (primary N) is 1. The Balaban J connectivity index is 1.82. The molecule has 3 heteroatoms. The van der Waals surface area contributed by atoms with E-state index >= 15 is 0 Å². The van der Waals surface area contributed by atoms with Crippen LogP contribution in [0.15, 0.2) is 0 Å². The number of nitrogens with zero attached hydrogens (tertiary/aromatic N) is 1. The van der Waals surface area contributed by atoms with Gasteiger partial charge in [-0.1, -0.05) is 25.7 Å². The van der Waals surface area contributed by atoms with E-state index < -0.39 is 0 Å². The van der Waals surface area contributed by atoms with Crippen LogP contribution >= 0.6 is 0 Å². The van der Waals surface area contributed by atoms with Crippen LogP contribution in [0.3, 0.4) is 0 Å². The molecule has 1 saturated carbocycles. The number of hydrogen-bond donors (Lipinski definition) is 1. The number of piperidine rings is 1. The first-order chi connectivity index (χ1) is 8.81. The van der Waals surface area contributed by atoms with E-state index in [1.807, 2.05) is 7.11 Å². The largest absolute Gasteiger partial charge is 0.384 e. The molecule has 1 aliphatic carbocycles. The van der Waals surface area contributed by atoms with Crippen molar-refractivity contribution in [2.24, 2.45) is 11.7 Å². The minimum Gasteiger partial charge on any atom is -0.384 e. The van der Waals surface area contributed by atoms with E-state index in [1.54, 1.807) is 0 Å². The minimum absolute atomic E-state index is 0.407. The van der Waals surface area contributed by atoms with Crippen LogP contribution in [0.1, 0.15) is 51.4 Å². The monoisotopic (exact) mass is 254 g/mol. The summed E-state index contributed by atoms with van der Waals surface area (Å²) >= 11 is 0. The SMILES string of the molecule is COCC1CCN(C2CCCCCCC2N)CC1. The standard InChI is InChI=1S/C15H30N2O/c1-18-12-13-8-10-17(11-9-13)15-7-5-3-2-4-6-14(15)16/h13-15H,2-12,16H2,1H3. The van der Waals surface area contributed by atoms with E-state index in [9.17, 15) is 0 Å². The predicted octanol–water partition coefficient (Wildman–Crippen LogP) is 2.39. The van der Waals surface area contributed by atoms with Gasteiger partial charge in [0.2, 0.25) is 0 Å².